The number of anilines is 1. The SMILES string of the molecule is COc1ccc(CC(=O)Nc2ccc3cn[nH]c3c2)cc1C. The number of carbonyl (C=O) groups excluding carboxylic acids is 1. The number of amides is 1. The van der Waals surface area contributed by atoms with Gasteiger partial charge in [-0.15, -0.1) is 0 Å². The summed E-state index contributed by atoms with van der Waals surface area (Å²) in [6, 6.07) is 11.4. The molecule has 0 fully saturated rings. The lowest BCUT2D eigenvalue weighted by molar-refractivity contribution is -0.115. The number of aromatic nitrogens is 2. The third-order valence-corrected chi connectivity index (χ3v) is 3.55. The zero-order valence-corrected chi connectivity index (χ0v) is 12.5. The van der Waals surface area contributed by atoms with Crippen molar-refractivity contribution in [2.45, 2.75) is 13.3 Å². The van der Waals surface area contributed by atoms with E-state index < -0.39 is 0 Å². The summed E-state index contributed by atoms with van der Waals surface area (Å²) in [6.07, 6.45) is 2.08. The molecular weight excluding hydrogens is 278 g/mol. The van der Waals surface area contributed by atoms with Crippen LogP contribution in [-0.4, -0.2) is 23.2 Å². The Hall–Kier alpha value is -2.82. The van der Waals surface area contributed by atoms with E-state index in [-0.39, 0.29) is 5.91 Å². The second-order valence-electron chi connectivity index (χ2n) is 5.20. The van der Waals surface area contributed by atoms with Gasteiger partial charge in [0.1, 0.15) is 5.75 Å². The first kappa shape index (κ1) is 14.1. The van der Waals surface area contributed by atoms with E-state index in [2.05, 4.69) is 15.5 Å². The Balaban J connectivity index is 1.70. The third kappa shape index (κ3) is 2.93. The minimum Gasteiger partial charge on any atom is -0.496 e. The molecular formula is C17H17N3O2. The zero-order valence-electron chi connectivity index (χ0n) is 12.5. The van der Waals surface area contributed by atoms with Gasteiger partial charge in [0.05, 0.1) is 25.2 Å². The van der Waals surface area contributed by atoms with Crippen molar-refractivity contribution in [1.82, 2.24) is 10.2 Å². The van der Waals surface area contributed by atoms with Crippen LogP contribution in [0.25, 0.3) is 10.9 Å². The van der Waals surface area contributed by atoms with Crippen LogP contribution in [0.5, 0.6) is 5.75 Å². The Morgan fingerprint density at radius 2 is 2.14 bits per heavy atom. The number of nitrogens with zero attached hydrogens (tertiary/aromatic N) is 1. The standard InChI is InChI=1S/C17H17N3O2/c1-11-7-12(3-6-16(11)22-2)8-17(21)19-14-5-4-13-10-18-20-15(13)9-14/h3-7,9-10H,8H2,1-2H3,(H,18,20)(H,19,21). The van der Waals surface area contributed by atoms with E-state index in [1.807, 2.05) is 43.3 Å². The first-order chi connectivity index (χ1) is 10.7. The Morgan fingerprint density at radius 3 is 2.91 bits per heavy atom. The highest BCUT2D eigenvalue weighted by Crippen LogP contribution is 2.20. The third-order valence-electron chi connectivity index (χ3n) is 3.55. The van der Waals surface area contributed by atoms with Crippen LogP contribution >= 0.6 is 0 Å². The Kier molecular flexibility index (Phi) is 3.78. The van der Waals surface area contributed by atoms with Crippen LogP contribution in [0.1, 0.15) is 11.1 Å². The minimum atomic E-state index is -0.0524. The van der Waals surface area contributed by atoms with E-state index in [1.165, 1.54) is 0 Å². The maximum atomic E-state index is 12.2. The van der Waals surface area contributed by atoms with E-state index >= 15 is 0 Å². The molecule has 5 heteroatoms. The van der Waals surface area contributed by atoms with Gasteiger partial charge in [0.2, 0.25) is 5.91 Å². The number of aromatic amines is 1. The zero-order chi connectivity index (χ0) is 15.5. The maximum absolute atomic E-state index is 12.2. The molecule has 2 aromatic carbocycles. The van der Waals surface area contributed by atoms with Crippen molar-refractivity contribution in [2.24, 2.45) is 0 Å². The van der Waals surface area contributed by atoms with Gasteiger partial charge in [-0.3, -0.25) is 9.89 Å². The molecule has 0 spiro atoms. The number of hydrogen-bond acceptors (Lipinski definition) is 3. The molecule has 112 valence electrons. The van der Waals surface area contributed by atoms with Crippen LogP contribution in [-0.2, 0) is 11.2 Å². The van der Waals surface area contributed by atoms with E-state index in [4.69, 9.17) is 4.74 Å². The van der Waals surface area contributed by atoms with Crippen LogP contribution in [0.15, 0.2) is 42.6 Å². The second-order valence-corrected chi connectivity index (χ2v) is 5.20. The molecule has 2 N–H and O–H groups in total. The average Bonchev–Trinajstić information content (AvgIpc) is 2.95. The summed E-state index contributed by atoms with van der Waals surface area (Å²) in [5.74, 6) is 0.775. The van der Waals surface area contributed by atoms with Crippen molar-refractivity contribution in [2.75, 3.05) is 12.4 Å². The summed E-state index contributed by atoms with van der Waals surface area (Å²) in [7, 11) is 1.64. The molecule has 0 bridgehead atoms. The van der Waals surface area contributed by atoms with Crippen LogP contribution in [0.4, 0.5) is 5.69 Å². The van der Waals surface area contributed by atoms with Gasteiger partial charge >= 0.3 is 0 Å². The molecule has 0 saturated heterocycles. The lowest BCUT2D eigenvalue weighted by Gasteiger charge is -2.08. The fraction of sp³-hybridized carbons (Fsp3) is 0.176. The number of aryl methyl sites for hydroxylation is 1. The molecule has 0 aliphatic heterocycles. The molecule has 3 rings (SSSR count). The van der Waals surface area contributed by atoms with Crippen molar-refractivity contribution in [3.05, 3.63) is 53.7 Å². The maximum Gasteiger partial charge on any atom is 0.228 e. The number of hydrogen-bond donors (Lipinski definition) is 2. The van der Waals surface area contributed by atoms with Gasteiger partial charge in [0.25, 0.3) is 0 Å². The van der Waals surface area contributed by atoms with E-state index in [0.29, 0.717) is 6.42 Å². The normalized spacial score (nSPS) is 10.6. The molecule has 3 aromatic rings. The Labute approximate surface area is 128 Å². The molecule has 1 amide bonds. The molecule has 1 aromatic heterocycles. The number of benzene rings is 2. The van der Waals surface area contributed by atoms with Gasteiger partial charge in [-0.1, -0.05) is 12.1 Å². The number of H-pyrrole nitrogens is 1. The highest BCUT2D eigenvalue weighted by molar-refractivity contribution is 5.94. The van der Waals surface area contributed by atoms with Crippen LogP contribution in [0, 0.1) is 6.92 Å². The molecule has 0 atom stereocenters. The van der Waals surface area contributed by atoms with Crippen molar-refractivity contribution in [3.63, 3.8) is 0 Å². The molecule has 0 radical (unpaired) electrons. The van der Waals surface area contributed by atoms with Gasteiger partial charge in [-0.05, 0) is 42.3 Å². The number of fused-ring (bicyclic) bond motifs is 1. The Morgan fingerprint density at radius 1 is 1.27 bits per heavy atom. The summed E-state index contributed by atoms with van der Waals surface area (Å²) in [6.45, 7) is 1.96. The van der Waals surface area contributed by atoms with Gasteiger partial charge < -0.3 is 10.1 Å². The average molecular weight is 295 g/mol. The topological polar surface area (TPSA) is 67.0 Å². The second kappa shape index (κ2) is 5.89. The molecule has 0 saturated carbocycles. The smallest absolute Gasteiger partial charge is 0.228 e. The predicted molar refractivity (Wildman–Crippen MR) is 86.2 cm³/mol. The van der Waals surface area contributed by atoms with Crippen molar-refractivity contribution in [1.29, 1.82) is 0 Å². The number of nitrogens with one attached hydrogen (secondary N) is 2. The number of ether oxygens (including phenoxy) is 1. The molecule has 0 aliphatic carbocycles. The first-order valence-electron chi connectivity index (χ1n) is 7.02. The molecule has 22 heavy (non-hydrogen) atoms. The minimum absolute atomic E-state index is 0.0524. The molecule has 0 unspecified atom stereocenters. The fourth-order valence-corrected chi connectivity index (χ4v) is 2.46. The summed E-state index contributed by atoms with van der Waals surface area (Å²) < 4.78 is 5.22. The lowest BCUT2D eigenvalue weighted by Crippen LogP contribution is -2.14. The van der Waals surface area contributed by atoms with E-state index in [0.717, 1.165) is 33.5 Å². The first-order valence-corrected chi connectivity index (χ1v) is 7.02. The van der Waals surface area contributed by atoms with Crippen molar-refractivity contribution in [3.8, 4) is 5.75 Å². The number of carbonyl (C=O) groups is 1. The lowest BCUT2D eigenvalue weighted by atomic mass is 10.1. The van der Waals surface area contributed by atoms with Gasteiger partial charge in [0, 0.05) is 11.1 Å². The van der Waals surface area contributed by atoms with Crippen LogP contribution in [0.2, 0.25) is 0 Å². The summed E-state index contributed by atoms with van der Waals surface area (Å²) in [4.78, 5) is 12.2. The largest absolute Gasteiger partial charge is 0.496 e. The number of rotatable bonds is 4. The van der Waals surface area contributed by atoms with E-state index in [1.54, 1.807) is 13.3 Å². The number of methoxy groups -OCH3 is 1. The summed E-state index contributed by atoms with van der Waals surface area (Å²) in [5.41, 5.74) is 3.63. The van der Waals surface area contributed by atoms with Crippen molar-refractivity contribution < 1.29 is 9.53 Å². The van der Waals surface area contributed by atoms with Gasteiger partial charge in [0.15, 0.2) is 0 Å². The quantitative estimate of drug-likeness (QED) is 0.777. The molecule has 5 nitrogen and oxygen atoms in total. The highest BCUT2D eigenvalue weighted by atomic mass is 16.5. The summed E-state index contributed by atoms with van der Waals surface area (Å²) >= 11 is 0. The van der Waals surface area contributed by atoms with Gasteiger partial charge in [-0.2, -0.15) is 5.10 Å². The Bertz CT molecular complexity index is 824. The monoisotopic (exact) mass is 295 g/mol. The summed E-state index contributed by atoms with van der Waals surface area (Å²) in [5, 5.41) is 10.8. The fourth-order valence-electron chi connectivity index (χ4n) is 2.46. The van der Waals surface area contributed by atoms with Gasteiger partial charge in [-0.25, -0.2) is 0 Å². The highest BCUT2D eigenvalue weighted by Gasteiger charge is 2.07. The van der Waals surface area contributed by atoms with E-state index in [9.17, 15) is 4.79 Å². The van der Waals surface area contributed by atoms with Crippen molar-refractivity contribution >= 4 is 22.5 Å². The van der Waals surface area contributed by atoms with Crippen LogP contribution in [0.3, 0.4) is 0 Å². The molecule has 1 heterocycles. The predicted octanol–water partition coefficient (Wildman–Crippen LogP) is 3.06. The molecule has 0 aliphatic rings. The van der Waals surface area contributed by atoms with Crippen LogP contribution < -0.4 is 10.1 Å².